The molecule has 1 amide bonds. The zero-order chi connectivity index (χ0) is 14.8. The predicted octanol–water partition coefficient (Wildman–Crippen LogP) is 2.70. The maximum absolute atomic E-state index is 11.5. The van der Waals surface area contributed by atoms with Crippen LogP contribution in [0.15, 0.2) is 42.5 Å². The average Bonchev–Trinajstić information content (AvgIpc) is 2.43. The minimum Gasteiger partial charge on any atom is -0.389 e. The molecule has 1 rings (SSSR count). The van der Waals surface area contributed by atoms with E-state index < -0.39 is 6.10 Å². The van der Waals surface area contributed by atoms with Crippen LogP contribution in [0.4, 0.5) is 0 Å². The van der Waals surface area contributed by atoms with Crippen molar-refractivity contribution in [3.63, 3.8) is 0 Å². The molecule has 0 aromatic heterocycles. The third kappa shape index (κ3) is 7.74. The van der Waals surface area contributed by atoms with Crippen LogP contribution in [0, 0.1) is 5.92 Å². The molecule has 1 atom stereocenters. The fourth-order valence-electron chi connectivity index (χ4n) is 1.80. The monoisotopic (exact) mass is 275 g/mol. The summed E-state index contributed by atoms with van der Waals surface area (Å²) in [6.07, 6.45) is 4.81. The maximum atomic E-state index is 11.5. The molecule has 1 aromatic carbocycles. The highest BCUT2D eigenvalue weighted by molar-refractivity contribution is 5.87. The summed E-state index contributed by atoms with van der Waals surface area (Å²) in [4.78, 5) is 11.5. The highest BCUT2D eigenvalue weighted by atomic mass is 16.3. The molecule has 0 spiro atoms. The van der Waals surface area contributed by atoms with E-state index in [4.69, 9.17) is 0 Å². The Labute approximate surface area is 121 Å². The van der Waals surface area contributed by atoms with Crippen LogP contribution in [0.2, 0.25) is 0 Å². The van der Waals surface area contributed by atoms with Crippen LogP contribution in [0.5, 0.6) is 0 Å². The van der Waals surface area contributed by atoms with Crippen LogP contribution in [-0.4, -0.2) is 23.7 Å². The van der Waals surface area contributed by atoms with Crippen molar-refractivity contribution < 1.29 is 9.90 Å². The summed E-state index contributed by atoms with van der Waals surface area (Å²) in [6, 6.07) is 10.0. The molecule has 1 aromatic rings. The molecule has 3 nitrogen and oxygen atoms in total. The van der Waals surface area contributed by atoms with Crippen LogP contribution >= 0.6 is 0 Å². The summed E-state index contributed by atoms with van der Waals surface area (Å²) in [5, 5.41) is 12.6. The minimum atomic E-state index is -0.578. The summed E-state index contributed by atoms with van der Waals surface area (Å²) in [5.74, 6) is 0.445. The van der Waals surface area contributed by atoms with E-state index in [0.29, 0.717) is 18.9 Å². The van der Waals surface area contributed by atoms with E-state index in [0.717, 1.165) is 12.8 Å². The second-order valence-corrected chi connectivity index (χ2v) is 5.42. The van der Waals surface area contributed by atoms with Crippen LogP contribution in [0.25, 0.3) is 0 Å². The van der Waals surface area contributed by atoms with Crippen molar-refractivity contribution in [1.29, 1.82) is 0 Å². The first-order valence-corrected chi connectivity index (χ1v) is 7.26. The van der Waals surface area contributed by atoms with Gasteiger partial charge in [0.15, 0.2) is 0 Å². The molecular formula is C17H25NO2. The van der Waals surface area contributed by atoms with Gasteiger partial charge in [-0.25, -0.2) is 0 Å². The third-order valence-corrected chi connectivity index (χ3v) is 3.06. The Morgan fingerprint density at radius 2 is 1.95 bits per heavy atom. The SMILES string of the molecule is CC(C)CCNC(=O)C=CC(O)CCc1ccccc1. The summed E-state index contributed by atoms with van der Waals surface area (Å²) in [5.41, 5.74) is 1.20. The molecule has 0 aliphatic carbocycles. The largest absolute Gasteiger partial charge is 0.389 e. The van der Waals surface area contributed by atoms with E-state index in [-0.39, 0.29) is 5.91 Å². The molecule has 0 radical (unpaired) electrons. The van der Waals surface area contributed by atoms with Gasteiger partial charge in [0.1, 0.15) is 0 Å². The van der Waals surface area contributed by atoms with Crippen molar-refractivity contribution in [2.75, 3.05) is 6.54 Å². The lowest BCUT2D eigenvalue weighted by Crippen LogP contribution is -2.23. The van der Waals surface area contributed by atoms with Gasteiger partial charge < -0.3 is 10.4 Å². The Bertz CT molecular complexity index is 412. The van der Waals surface area contributed by atoms with Crippen LogP contribution in [0.3, 0.4) is 0 Å². The Kier molecular flexibility index (Phi) is 7.66. The second-order valence-electron chi connectivity index (χ2n) is 5.42. The standard InChI is InChI=1S/C17H25NO2/c1-14(2)12-13-18-17(20)11-10-16(19)9-8-15-6-4-3-5-7-15/h3-7,10-11,14,16,19H,8-9,12-13H2,1-2H3,(H,18,20). The van der Waals surface area contributed by atoms with Crippen LogP contribution < -0.4 is 5.32 Å². The summed E-state index contributed by atoms with van der Waals surface area (Å²) >= 11 is 0. The van der Waals surface area contributed by atoms with Crippen LogP contribution in [-0.2, 0) is 11.2 Å². The van der Waals surface area contributed by atoms with E-state index in [1.165, 1.54) is 11.6 Å². The first kappa shape index (κ1) is 16.4. The zero-order valence-electron chi connectivity index (χ0n) is 12.4. The van der Waals surface area contributed by atoms with E-state index in [1.807, 2.05) is 30.3 Å². The molecule has 0 bridgehead atoms. The van der Waals surface area contributed by atoms with Gasteiger partial charge in [0.2, 0.25) is 5.91 Å². The maximum Gasteiger partial charge on any atom is 0.243 e. The molecule has 3 heteroatoms. The van der Waals surface area contributed by atoms with Gasteiger partial charge in [-0.3, -0.25) is 4.79 Å². The molecule has 0 saturated carbocycles. The van der Waals surface area contributed by atoms with E-state index in [9.17, 15) is 9.90 Å². The molecule has 1 unspecified atom stereocenters. The molecule has 20 heavy (non-hydrogen) atoms. The average molecular weight is 275 g/mol. The lowest BCUT2D eigenvalue weighted by Gasteiger charge is -2.06. The summed E-state index contributed by atoms with van der Waals surface area (Å²) in [7, 11) is 0. The highest BCUT2D eigenvalue weighted by Gasteiger charge is 2.02. The predicted molar refractivity (Wildman–Crippen MR) is 82.4 cm³/mol. The molecule has 0 heterocycles. The first-order valence-electron chi connectivity index (χ1n) is 7.26. The van der Waals surface area contributed by atoms with Crippen molar-refractivity contribution in [3.05, 3.63) is 48.0 Å². The highest BCUT2D eigenvalue weighted by Crippen LogP contribution is 2.05. The first-order chi connectivity index (χ1) is 9.58. The van der Waals surface area contributed by atoms with Gasteiger partial charge in [0.05, 0.1) is 6.10 Å². The molecule has 2 N–H and O–H groups in total. The number of carbonyl (C=O) groups is 1. The van der Waals surface area contributed by atoms with Crippen LogP contribution in [0.1, 0.15) is 32.3 Å². The number of aryl methyl sites for hydroxylation is 1. The number of hydrogen-bond acceptors (Lipinski definition) is 2. The molecule has 0 saturated heterocycles. The Morgan fingerprint density at radius 1 is 1.25 bits per heavy atom. The quantitative estimate of drug-likeness (QED) is 0.717. The van der Waals surface area contributed by atoms with Gasteiger partial charge in [-0.2, -0.15) is 0 Å². The lowest BCUT2D eigenvalue weighted by atomic mass is 10.1. The number of benzene rings is 1. The van der Waals surface area contributed by atoms with Gasteiger partial charge in [0.25, 0.3) is 0 Å². The van der Waals surface area contributed by atoms with Gasteiger partial charge >= 0.3 is 0 Å². The van der Waals surface area contributed by atoms with Crippen molar-refractivity contribution in [2.24, 2.45) is 5.92 Å². The lowest BCUT2D eigenvalue weighted by molar-refractivity contribution is -0.116. The number of nitrogens with one attached hydrogen (secondary N) is 1. The van der Waals surface area contributed by atoms with Gasteiger partial charge in [-0.1, -0.05) is 50.3 Å². The molecule has 0 aliphatic heterocycles. The molecule has 0 fully saturated rings. The normalized spacial score (nSPS) is 12.8. The minimum absolute atomic E-state index is 0.135. The number of aliphatic hydroxyl groups is 1. The Hall–Kier alpha value is -1.61. The molecular weight excluding hydrogens is 250 g/mol. The van der Waals surface area contributed by atoms with Gasteiger partial charge in [-0.15, -0.1) is 0 Å². The second kappa shape index (κ2) is 9.32. The zero-order valence-corrected chi connectivity index (χ0v) is 12.4. The number of hydrogen-bond donors (Lipinski definition) is 2. The number of rotatable bonds is 8. The summed E-state index contributed by atoms with van der Waals surface area (Å²) < 4.78 is 0. The fraction of sp³-hybridized carbons (Fsp3) is 0.471. The van der Waals surface area contributed by atoms with Gasteiger partial charge in [-0.05, 0) is 30.7 Å². The molecule has 0 aliphatic rings. The van der Waals surface area contributed by atoms with Crippen molar-refractivity contribution in [1.82, 2.24) is 5.32 Å². The van der Waals surface area contributed by atoms with Crippen molar-refractivity contribution >= 4 is 5.91 Å². The van der Waals surface area contributed by atoms with Gasteiger partial charge in [0, 0.05) is 12.6 Å². The molecule has 110 valence electrons. The third-order valence-electron chi connectivity index (χ3n) is 3.06. The van der Waals surface area contributed by atoms with Crippen molar-refractivity contribution in [2.45, 2.75) is 39.2 Å². The van der Waals surface area contributed by atoms with E-state index in [1.54, 1.807) is 6.08 Å². The Balaban J connectivity index is 2.22. The topological polar surface area (TPSA) is 49.3 Å². The number of carbonyl (C=O) groups excluding carboxylic acids is 1. The number of amides is 1. The van der Waals surface area contributed by atoms with Crippen molar-refractivity contribution in [3.8, 4) is 0 Å². The number of aliphatic hydroxyl groups excluding tert-OH is 1. The summed E-state index contributed by atoms with van der Waals surface area (Å²) in [6.45, 7) is 4.92. The smallest absolute Gasteiger partial charge is 0.243 e. The van der Waals surface area contributed by atoms with E-state index in [2.05, 4.69) is 19.2 Å². The van der Waals surface area contributed by atoms with E-state index >= 15 is 0 Å². The Morgan fingerprint density at radius 3 is 2.60 bits per heavy atom. The fourth-order valence-corrected chi connectivity index (χ4v) is 1.80.